The first-order valence-electron chi connectivity index (χ1n) is 6.71. The largest absolute Gasteiger partial charge is 0.376 e. The van der Waals surface area contributed by atoms with Gasteiger partial charge in [0.05, 0.1) is 6.10 Å². The van der Waals surface area contributed by atoms with Gasteiger partial charge >= 0.3 is 0 Å². The lowest BCUT2D eigenvalue weighted by molar-refractivity contribution is -0.000203. The minimum absolute atomic E-state index is 0.0772. The van der Waals surface area contributed by atoms with Crippen LogP contribution in [0, 0.1) is 12.7 Å². The van der Waals surface area contributed by atoms with E-state index in [-0.39, 0.29) is 17.8 Å². The predicted molar refractivity (Wildman–Crippen MR) is 71.7 cm³/mol. The molecule has 0 saturated carbocycles. The van der Waals surface area contributed by atoms with E-state index in [0.717, 1.165) is 25.9 Å². The molecule has 1 aliphatic heterocycles. The number of hydrogen-bond acceptors (Lipinski definition) is 2. The van der Waals surface area contributed by atoms with Crippen LogP contribution in [0.1, 0.15) is 35.2 Å². The Bertz CT molecular complexity index is 455. The van der Waals surface area contributed by atoms with Gasteiger partial charge in [-0.25, -0.2) is 4.39 Å². The van der Waals surface area contributed by atoms with Crippen LogP contribution in [0.3, 0.4) is 0 Å². The van der Waals surface area contributed by atoms with Gasteiger partial charge in [-0.1, -0.05) is 0 Å². The van der Waals surface area contributed by atoms with E-state index in [2.05, 4.69) is 0 Å². The maximum absolute atomic E-state index is 13.0. The van der Waals surface area contributed by atoms with Crippen molar-refractivity contribution in [3.63, 3.8) is 0 Å². The Morgan fingerprint density at radius 3 is 2.89 bits per heavy atom. The Balaban J connectivity index is 2.01. The lowest BCUT2D eigenvalue weighted by Gasteiger charge is -2.27. The molecule has 0 radical (unpaired) electrons. The third kappa shape index (κ3) is 3.53. The number of halogens is 1. The van der Waals surface area contributed by atoms with Gasteiger partial charge in [-0.3, -0.25) is 4.79 Å². The van der Waals surface area contributed by atoms with Crippen LogP contribution in [0.5, 0.6) is 0 Å². The fraction of sp³-hybridized carbons (Fsp3) is 0.533. The van der Waals surface area contributed by atoms with Crippen molar-refractivity contribution in [3.05, 3.63) is 35.1 Å². The second-order valence-corrected chi connectivity index (χ2v) is 5.13. The number of rotatable bonds is 3. The quantitative estimate of drug-likeness (QED) is 0.841. The fourth-order valence-corrected chi connectivity index (χ4v) is 2.41. The summed E-state index contributed by atoms with van der Waals surface area (Å²) < 4.78 is 18.7. The van der Waals surface area contributed by atoms with E-state index in [1.54, 1.807) is 24.9 Å². The van der Waals surface area contributed by atoms with Crippen molar-refractivity contribution in [2.45, 2.75) is 32.3 Å². The predicted octanol–water partition coefficient (Wildman–Crippen LogP) is 2.78. The maximum Gasteiger partial charge on any atom is 0.253 e. The smallest absolute Gasteiger partial charge is 0.253 e. The zero-order chi connectivity index (χ0) is 13.8. The van der Waals surface area contributed by atoms with Crippen LogP contribution < -0.4 is 0 Å². The highest BCUT2D eigenvalue weighted by Crippen LogP contribution is 2.16. The summed E-state index contributed by atoms with van der Waals surface area (Å²) in [6, 6.07) is 4.26. The minimum atomic E-state index is -0.313. The number of aryl methyl sites for hydroxylation is 1. The number of likely N-dealkylation sites (N-methyl/N-ethyl adjacent to an activating group) is 1. The summed E-state index contributed by atoms with van der Waals surface area (Å²) in [6.07, 6.45) is 3.39. The number of benzene rings is 1. The normalized spacial score (nSPS) is 19.2. The summed E-state index contributed by atoms with van der Waals surface area (Å²) in [6.45, 7) is 3.12. The second-order valence-electron chi connectivity index (χ2n) is 5.13. The highest BCUT2D eigenvalue weighted by molar-refractivity contribution is 5.95. The van der Waals surface area contributed by atoms with Crippen molar-refractivity contribution in [2.24, 2.45) is 0 Å². The molecule has 1 amide bonds. The molecule has 0 aromatic heterocycles. The number of nitrogens with zero attached hydrogens (tertiary/aromatic N) is 1. The van der Waals surface area contributed by atoms with Crippen LogP contribution in [-0.4, -0.2) is 37.1 Å². The van der Waals surface area contributed by atoms with E-state index in [1.807, 2.05) is 0 Å². The number of carbonyl (C=O) groups is 1. The van der Waals surface area contributed by atoms with Crippen molar-refractivity contribution in [1.29, 1.82) is 0 Å². The van der Waals surface area contributed by atoms with Gasteiger partial charge < -0.3 is 9.64 Å². The molecule has 104 valence electrons. The molecule has 1 unspecified atom stereocenters. The summed E-state index contributed by atoms with van der Waals surface area (Å²) in [5.74, 6) is -0.390. The molecular weight excluding hydrogens is 245 g/mol. The van der Waals surface area contributed by atoms with Gasteiger partial charge in [0.25, 0.3) is 5.91 Å². The molecule has 1 aromatic carbocycles. The van der Waals surface area contributed by atoms with Gasteiger partial charge in [0.1, 0.15) is 5.82 Å². The van der Waals surface area contributed by atoms with E-state index in [1.165, 1.54) is 12.1 Å². The van der Waals surface area contributed by atoms with Gasteiger partial charge in [0, 0.05) is 25.8 Å². The van der Waals surface area contributed by atoms with E-state index >= 15 is 0 Å². The first kappa shape index (κ1) is 14.0. The Morgan fingerprint density at radius 1 is 1.47 bits per heavy atom. The molecule has 1 aromatic rings. The van der Waals surface area contributed by atoms with Gasteiger partial charge in [0.2, 0.25) is 0 Å². The summed E-state index contributed by atoms with van der Waals surface area (Å²) in [4.78, 5) is 14.0. The van der Waals surface area contributed by atoms with Crippen LogP contribution >= 0.6 is 0 Å². The van der Waals surface area contributed by atoms with Gasteiger partial charge in [-0.15, -0.1) is 0 Å². The van der Waals surface area contributed by atoms with Crippen LogP contribution in [0.2, 0.25) is 0 Å². The van der Waals surface area contributed by atoms with Crippen molar-refractivity contribution < 1.29 is 13.9 Å². The maximum atomic E-state index is 13.0. The van der Waals surface area contributed by atoms with Crippen molar-refractivity contribution in [3.8, 4) is 0 Å². The Hall–Kier alpha value is -1.42. The molecule has 1 aliphatic rings. The van der Waals surface area contributed by atoms with E-state index in [0.29, 0.717) is 17.7 Å². The minimum Gasteiger partial charge on any atom is -0.376 e. The Morgan fingerprint density at radius 2 is 2.26 bits per heavy atom. The van der Waals surface area contributed by atoms with Gasteiger partial charge in [-0.2, -0.15) is 0 Å². The molecule has 0 spiro atoms. The molecule has 3 nitrogen and oxygen atoms in total. The monoisotopic (exact) mass is 265 g/mol. The third-order valence-electron chi connectivity index (χ3n) is 3.52. The Kier molecular flexibility index (Phi) is 4.53. The van der Waals surface area contributed by atoms with Crippen LogP contribution in [0.15, 0.2) is 18.2 Å². The summed E-state index contributed by atoms with van der Waals surface area (Å²) in [5, 5.41) is 0. The zero-order valence-electron chi connectivity index (χ0n) is 11.5. The van der Waals surface area contributed by atoms with Crippen molar-refractivity contribution >= 4 is 5.91 Å². The van der Waals surface area contributed by atoms with Crippen LogP contribution in [-0.2, 0) is 4.74 Å². The first-order chi connectivity index (χ1) is 9.08. The summed E-state index contributed by atoms with van der Waals surface area (Å²) in [5.41, 5.74) is 1.22. The molecule has 1 atom stereocenters. The molecule has 0 N–H and O–H groups in total. The average molecular weight is 265 g/mol. The number of amides is 1. The van der Waals surface area contributed by atoms with E-state index in [4.69, 9.17) is 4.74 Å². The highest BCUT2D eigenvalue weighted by atomic mass is 19.1. The first-order valence-corrected chi connectivity index (χ1v) is 6.71. The molecule has 1 saturated heterocycles. The lowest BCUT2D eigenvalue weighted by atomic mass is 10.1. The van der Waals surface area contributed by atoms with E-state index < -0.39 is 0 Å². The molecule has 2 rings (SSSR count). The second kappa shape index (κ2) is 6.15. The molecule has 0 bridgehead atoms. The van der Waals surface area contributed by atoms with E-state index in [9.17, 15) is 9.18 Å². The van der Waals surface area contributed by atoms with Gasteiger partial charge in [-0.05, 0) is 49.9 Å². The summed E-state index contributed by atoms with van der Waals surface area (Å²) in [7, 11) is 1.77. The zero-order valence-corrected chi connectivity index (χ0v) is 11.5. The van der Waals surface area contributed by atoms with Gasteiger partial charge in [0.15, 0.2) is 0 Å². The lowest BCUT2D eigenvalue weighted by Crippen LogP contribution is -2.37. The molecular formula is C15H20FNO2. The highest BCUT2D eigenvalue weighted by Gasteiger charge is 2.20. The number of ether oxygens (including phenoxy) is 1. The molecule has 0 aliphatic carbocycles. The van der Waals surface area contributed by atoms with Crippen LogP contribution in [0.4, 0.5) is 4.39 Å². The fourth-order valence-electron chi connectivity index (χ4n) is 2.41. The molecule has 4 heteroatoms. The molecule has 19 heavy (non-hydrogen) atoms. The topological polar surface area (TPSA) is 29.5 Å². The molecule has 1 fully saturated rings. The number of carbonyl (C=O) groups excluding carboxylic acids is 1. The molecule has 1 heterocycles. The standard InChI is InChI=1S/C15H20FNO2/c1-11-9-12(16)6-7-14(11)15(18)17(2)10-13-5-3-4-8-19-13/h6-7,9,13H,3-5,8,10H2,1-2H3. The van der Waals surface area contributed by atoms with Crippen LogP contribution in [0.25, 0.3) is 0 Å². The van der Waals surface area contributed by atoms with Crippen molar-refractivity contribution in [1.82, 2.24) is 4.90 Å². The number of hydrogen-bond donors (Lipinski definition) is 0. The van der Waals surface area contributed by atoms with Crippen molar-refractivity contribution in [2.75, 3.05) is 20.2 Å². The SMILES string of the molecule is Cc1cc(F)ccc1C(=O)N(C)CC1CCCCO1. The third-order valence-corrected chi connectivity index (χ3v) is 3.52. The average Bonchev–Trinajstić information content (AvgIpc) is 2.39. The summed E-state index contributed by atoms with van der Waals surface area (Å²) >= 11 is 0. The Labute approximate surface area is 113 Å².